The van der Waals surface area contributed by atoms with Crippen LogP contribution in [0, 0.1) is 0 Å². The summed E-state index contributed by atoms with van der Waals surface area (Å²) in [6.07, 6.45) is -4.56. The van der Waals surface area contributed by atoms with Crippen LogP contribution in [0.3, 0.4) is 0 Å². The summed E-state index contributed by atoms with van der Waals surface area (Å²) >= 11 is 2.87. The van der Waals surface area contributed by atoms with E-state index in [1.165, 1.54) is 18.2 Å². The van der Waals surface area contributed by atoms with Crippen LogP contribution in [0.25, 0.3) is 0 Å². The Hall–Kier alpha value is -1.76. The van der Waals surface area contributed by atoms with E-state index in [0.717, 1.165) is 6.07 Å². The van der Waals surface area contributed by atoms with E-state index in [-0.39, 0.29) is 27.8 Å². The van der Waals surface area contributed by atoms with Crippen molar-refractivity contribution in [2.75, 3.05) is 0 Å². The number of carbonyl (C=O) groups is 2. The molecule has 0 spiro atoms. The molecule has 0 saturated heterocycles. The van der Waals surface area contributed by atoms with E-state index >= 15 is 0 Å². The van der Waals surface area contributed by atoms with E-state index in [1.807, 2.05) is 0 Å². The van der Waals surface area contributed by atoms with Crippen molar-refractivity contribution in [3.8, 4) is 0 Å². The number of carbonyl (C=O) groups excluding carboxylic acids is 2. The van der Waals surface area contributed by atoms with Crippen molar-refractivity contribution >= 4 is 27.5 Å². The van der Waals surface area contributed by atoms with E-state index in [1.54, 1.807) is 13.8 Å². The van der Waals surface area contributed by atoms with Gasteiger partial charge in [-0.3, -0.25) is 14.6 Å². The number of rotatable bonds is 1. The van der Waals surface area contributed by atoms with Crippen LogP contribution in [-0.4, -0.2) is 17.6 Å². The Bertz CT molecular complexity index is 782. The van der Waals surface area contributed by atoms with Crippen molar-refractivity contribution in [1.29, 1.82) is 0 Å². The van der Waals surface area contributed by atoms with Gasteiger partial charge in [0.1, 0.15) is 6.04 Å². The molecule has 0 saturated carbocycles. The van der Waals surface area contributed by atoms with Crippen molar-refractivity contribution < 1.29 is 22.8 Å². The smallest absolute Gasteiger partial charge is 0.294 e. The SMILES string of the molecule is CC1=C(C)C(=O)C(N=c2ccc(Br)c(C(F)(F)F)cc2)CC1=O. The highest BCUT2D eigenvalue weighted by molar-refractivity contribution is 9.10. The third-order valence-corrected chi connectivity index (χ3v) is 4.41. The molecule has 2 rings (SSSR count). The molecule has 3 nitrogen and oxygen atoms in total. The van der Waals surface area contributed by atoms with Crippen LogP contribution in [0.5, 0.6) is 0 Å². The zero-order chi connectivity index (χ0) is 17.4. The molecule has 1 aliphatic rings. The molecule has 7 heteroatoms. The third kappa shape index (κ3) is 3.77. The molecule has 1 atom stereocenters. The minimum Gasteiger partial charge on any atom is -0.294 e. The highest BCUT2D eigenvalue weighted by Gasteiger charge is 2.32. The molecule has 0 aliphatic heterocycles. The van der Waals surface area contributed by atoms with Gasteiger partial charge in [0.25, 0.3) is 0 Å². The predicted octanol–water partition coefficient (Wildman–Crippen LogP) is 3.62. The van der Waals surface area contributed by atoms with Gasteiger partial charge in [0.15, 0.2) is 11.6 Å². The van der Waals surface area contributed by atoms with Gasteiger partial charge in [-0.2, -0.15) is 13.2 Å². The van der Waals surface area contributed by atoms with Crippen molar-refractivity contribution in [3.05, 3.63) is 50.8 Å². The molecule has 0 amide bonds. The molecular formula is C16H13BrF3NO2. The van der Waals surface area contributed by atoms with Crippen molar-refractivity contribution in [2.24, 2.45) is 4.99 Å². The summed E-state index contributed by atoms with van der Waals surface area (Å²) < 4.78 is 38.4. The summed E-state index contributed by atoms with van der Waals surface area (Å²) in [7, 11) is 0. The average Bonchev–Trinajstić information content (AvgIpc) is 2.64. The van der Waals surface area contributed by atoms with Crippen molar-refractivity contribution in [1.82, 2.24) is 0 Å². The average molecular weight is 388 g/mol. The molecule has 1 aliphatic carbocycles. The first-order valence-corrected chi connectivity index (χ1v) is 7.56. The van der Waals surface area contributed by atoms with Gasteiger partial charge in [-0.05, 0) is 43.7 Å². The van der Waals surface area contributed by atoms with Gasteiger partial charge in [-0.15, -0.1) is 0 Å². The Balaban J connectivity index is 2.48. The Kier molecular flexibility index (Phi) is 4.89. The fourth-order valence-corrected chi connectivity index (χ4v) is 2.71. The minimum atomic E-state index is -4.50. The summed E-state index contributed by atoms with van der Waals surface area (Å²) in [4.78, 5) is 28.1. The maximum atomic E-state index is 12.8. The van der Waals surface area contributed by atoms with Crippen LogP contribution in [0.2, 0.25) is 0 Å². The van der Waals surface area contributed by atoms with Gasteiger partial charge in [-0.25, -0.2) is 0 Å². The van der Waals surface area contributed by atoms with Crippen molar-refractivity contribution in [3.63, 3.8) is 0 Å². The van der Waals surface area contributed by atoms with Crippen molar-refractivity contribution in [2.45, 2.75) is 32.5 Å². The second kappa shape index (κ2) is 6.39. The predicted molar refractivity (Wildman–Crippen MR) is 81.5 cm³/mol. The third-order valence-electron chi connectivity index (χ3n) is 3.72. The number of Topliss-reactive ketones (excluding diaryl/α,β-unsaturated/α-hetero) is 2. The Morgan fingerprint density at radius 1 is 1.09 bits per heavy atom. The number of nitrogens with zero attached hydrogens (tertiary/aromatic N) is 1. The van der Waals surface area contributed by atoms with E-state index in [2.05, 4.69) is 20.9 Å². The first kappa shape index (κ1) is 17.6. The topological polar surface area (TPSA) is 46.5 Å². The highest BCUT2D eigenvalue weighted by Crippen LogP contribution is 2.33. The van der Waals surface area contributed by atoms with Crippen LogP contribution in [0.15, 0.2) is 44.9 Å². The Morgan fingerprint density at radius 2 is 1.70 bits per heavy atom. The fraction of sp³-hybridized carbons (Fsp3) is 0.312. The molecule has 122 valence electrons. The molecule has 0 radical (unpaired) electrons. The lowest BCUT2D eigenvalue weighted by atomic mass is 9.88. The number of halogens is 4. The number of hydrogen-bond acceptors (Lipinski definition) is 3. The highest BCUT2D eigenvalue weighted by atomic mass is 79.9. The molecular weight excluding hydrogens is 375 g/mol. The number of ketones is 2. The van der Waals surface area contributed by atoms with Gasteiger partial charge in [0, 0.05) is 16.5 Å². The second-order valence-electron chi connectivity index (χ2n) is 5.24. The van der Waals surface area contributed by atoms with Gasteiger partial charge in [0.2, 0.25) is 0 Å². The largest absolute Gasteiger partial charge is 0.417 e. The maximum Gasteiger partial charge on any atom is 0.417 e. The minimum absolute atomic E-state index is 0.0616. The standard InChI is InChI=1S/C16H13BrF3NO2/c1-8-9(2)15(23)13(7-14(8)22)21-10-3-5-11(16(18,19)20)12(17)6-4-10/h3-6,13H,7H2,1-2H3. The summed E-state index contributed by atoms with van der Waals surface area (Å²) in [6, 6.07) is 3.79. The van der Waals surface area contributed by atoms with Gasteiger partial charge in [0.05, 0.1) is 10.9 Å². The normalized spacial score (nSPS) is 20.3. The van der Waals surface area contributed by atoms with Crippen LogP contribution < -0.4 is 5.36 Å². The quantitative estimate of drug-likeness (QED) is 0.738. The summed E-state index contributed by atoms with van der Waals surface area (Å²) in [5.41, 5.74) is -0.0634. The lowest BCUT2D eigenvalue weighted by molar-refractivity contribution is -0.138. The second-order valence-corrected chi connectivity index (χ2v) is 6.09. The molecule has 23 heavy (non-hydrogen) atoms. The molecule has 0 heterocycles. The molecule has 0 N–H and O–H groups in total. The molecule has 0 fully saturated rings. The first-order valence-electron chi connectivity index (χ1n) is 6.77. The van der Waals surface area contributed by atoms with Gasteiger partial charge in [-0.1, -0.05) is 15.9 Å². The van der Waals surface area contributed by atoms with Crippen LogP contribution in [0.1, 0.15) is 25.8 Å². The first-order chi connectivity index (χ1) is 10.6. The molecule has 0 bridgehead atoms. The number of allylic oxidation sites excluding steroid dienone is 1. The fourth-order valence-electron chi connectivity index (χ4n) is 2.22. The van der Waals surface area contributed by atoms with E-state index in [0.29, 0.717) is 11.1 Å². The molecule has 1 aromatic rings. The zero-order valence-electron chi connectivity index (χ0n) is 12.4. The Morgan fingerprint density at radius 3 is 2.30 bits per heavy atom. The van der Waals surface area contributed by atoms with E-state index in [4.69, 9.17) is 0 Å². The van der Waals surface area contributed by atoms with Crippen LogP contribution in [-0.2, 0) is 15.8 Å². The Labute approximate surface area is 139 Å². The molecule has 1 unspecified atom stereocenters. The summed E-state index contributed by atoms with van der Waals surface area (Å²) in [5, 5.41) is 0.208. The summed E-state index contributed by atoms with van der Waals surface area (Å²) in [6.45, 7) is 3.14. The monoisotopic (exact) mass is 387 g/mol. The maximum absolute atomic E-state index is 12.8. The van der Waals surface area contributed by atoms with Gasteiger partial charge < -0.3 is 0 Å². The van der Waals surface area contributed by atoms with Crippen LogP contribution >= 0.6 is 15.9 Å². The van der Waals surface area contributed by atoms with E-state index in [9.17, 15) is 22.8 Å². The summed E-state index contributed by atoms with van der Waals surface area (Å²) in [5.74, 6) is -0.447. The number of hydrogen-bond donors (Lipinski definition) is 0. The molecule has 1 aromatic carbocycles. The lowest BCUT2D eigenvalue weighted by Crippen LogP contribution is -2.31. The lowest BCUT2D eigenvalue weighted by Gasteiger charge is -2.18. The zero-order valence-corrected chi connectivity index (χ0v) is 14.0. The molecule has 0 aromatic heterocycles. The number of alkyl halides is 3. The van der Waals surface area contributed by atoms with E-state index < -0.39 is 17.8 Å². The van der Waals surface area contributed by atoms with Crippen LogP contribution in [0.4, 0.5) is 13.2 Å². The van der Waals surface area contributed by atoms with Gasteiger partial charge >= 0.3 is 6.18 Å².